The van der Waals surface area contributed by atoms with Gasteiger partial charge in [0.15, 0.2) is 6.29 Å². The van der Waals surface area contributed by atoms with E-state index in [9.17, 15) is 45.6 Å². The van der Waals surface area contributed by atoms with Crippen LogP contribution in [0.1, 0.15) is 71.6 Å². The lowest BCUT2D eigenvalue weighted by Crippen LogP contribution is -2.63. The molecular weight excluding hydrogens is 592 g/mol. The summed E-state index contributed by atoms with van der Waals surface area (Å²) in [5.74, 6) is -0.348. The lowest BCUT2D eigenvalue weighted by atomic mass is 9.41. The summed E-state index contributed by atoms with van der Waals surface area (Å²) in [6.45, 7) is 7.41. The van der Waals surface area contributed by atoms with Crippen LogP contribution in [0.4, 0.5) is 0 Å². The molecule has 45 heavy (non-hydrogen) atoms. The molecule has 8 N–H and O–H groups in total. The average molecular weight is 643 g/mol. The number of hydrogen-bond acceptors (Lipinski definition) is 13. The molecule has 0 aromatic heterocycles. The molecular formula is C32H50O13. The first-order valence-corrected chi connectivity index (χ1v) is 16.3. The van der Waals surface area contributed by atoms with E-state index in [1.165, 1.54) is 0 Å². The Labute approximate surface area is 262 Å². The predicted octanol–water partition coefficient (Wildman–Crippen LogP) is -0.762. The number of carbonyl (C=O) groups excluding carboxylic acids is 1. The summed E-state index contributed by atoms with van der Waals surface area (Å²) < 4.78 is 23.4. The Morgan fingerprint density at radius 3 is 2.00 bits per heavy atom. The van der Waals surface area contributed by atoms with E-state index in [2.05, 4.69) is 13.5 Å². The number of carbonyl (C=O) groups is 1. The lowest BCUT2D eigenvalue weighted by molar-refractivity contribution is -0.327. The predicted molar refractivity (Wildman–Crippen MR) is 154 cm³/mol. The van der Waals surface area contributed by atoms with Gasteiger partial charge in [-0.1, -0.05) is 19.9 Å². The maximum atomic E-state index is 13.9. The first-order chi connectivity index (χ1) is 21.2. The molecule has 6 aliphatic rings. The second-order valence-corrected chi connectivity index (χ2v) is 15.2. The number of fused-ring (bicyclic) bond motifs is 3. The van der Waals surface area contributed by atoms with Crippen molar-refractivity contribution in [3.63, 3.8) is 0 Å². The van der Waals surface area contributed by atoms with E-state index < -0.39 is 91.6 Å². The van der Waals surface area contributed by atoms with Gasteiger partial charge in [-0.25, -0.2) is 0 Å². The molecule has 6 rings (SSSR count). The zero-order chi connectivity index (χ0) is 32.7. The Bertz CT molecular complexity index is 1150. The van der Waals surface area contributed by atoms with E-state index in [1.807, 2.05) is 6.92 Å². The Hall–Kier alpha value is -1.23. The third-order valence-corrected chi connectivity index (χ3v) is 12.9. The molecule has 13 heteroatoms. The highest BCUT2D eigenvalue weighted by Crippen LogP contribution is 2.73. The van der Waals surface area contributed by atoms with Gasteiger partial charge >= 0.3 is 5.97 Å². The van der Waals surface area contributed by atoms with Crippen LogP contribution < -0.4 is 0 Å². The highest BCUT2D eigenvalue weighted by atomic mass is 16.7. The van der Waals surface area contributed by atoms with Crippen LogP contribution in [0.5, 0.6) is 0 Å². The number of esters is 1. The minimum absolute atomic E-state index is 0.0421. The Balaban J connectivity index is 1.20. The van der Waals surface area contributed by atoms with Crippen molar-refractivity contribution in [3.8, 4) is 0 Å². The SMILES string of the molecule is C=C1C[C@]23CC[C@H]4[C@@](C)(CCC[C@@]4(C)C(=O)O[C@@H]4O[C@H](CO)[C@@H](O)[C@H](O)[C@H]4O)[C@@H]2CCC1(O[C@@H]1O[C@H](CO)[C@@H](O)[C@H](O)[C@H]1O)C3. The minimum Gasteiger partial charge on any atom is -0.432 e. The first-order valence-electron chi connectivity index (χ1n) is 16.3. The number of hydrogen-bond donors (Lipinski definition) is 8. The van der Waals surface area contributed by atoms with Gasteiger partial charge in [0.2, 0.25) is 6.29 Å². The monoisotopic (exact) mass is 642 g/mol. The summed E-state index contributed by atoms with van der Waals surface area (Å²) in [4.78, 5) is 13.9. The van der Waals surface area contributed by atoms with Crippen molar-refractivity contribution in [2.75, 3.05) is 13.2 Å². The zero-order valence-corrected chi connectivity index (χ0v) is 26.0. The van der Waals surface area contributed by atoms with Crippen molar-refractivity contribution >= 4 is 5.97 Å². The van der Waals surface area contributed by atoms with Crippen molar-refractivity contribution in [1.29, 1.82) is 0 Å². The summed E-state index contributed by atoms with van der Waals surface area (Å²) >= 11 is 0. The summed E-state index contributed by atoms with van der Waals surface area (Å²) in [6, 6.07) is 0. The molecule has 2 heterocycles. The van der Waals surface area contributed by atoms with Crippen LogP contribution in [0, 0.1) is 28.1 Å². The fraction of sp³-hybridized carbons (Fsp3) is 0.906. The van der Waals surface area contributed by atoms with Gasteiger partial charge in [0.25, 0.3) is 0 Å². The quantitative estimate of drug-likeness (QED) is 0.102. The van der Waals surface area contributed by atoms with E-state index in [4.69, 9.17) is 18.9 Å². The molecule has 0 aromatic carbocycles. The number of aliphatic hydroxyl groups is 8. The molecule has 2 bridgehead atoms. The van der Waals surface area contributed by atoms with E-state index in [1.54, 1.807) is 0 Å². The molecule has 1 unspecified atom stereocenters. The second kappa shape index (κ2) is 11.7. The first kappa shape index (κ1) is 33.7. The fourth-order valence-electron chi connectivity index (χ4n) is 10.5. The van der Waals surface area contributed by atoms with Crippen LogP contribution in [-0.2, 0) is 23.7 Å². The zero-order valence-electron chi connectivity index (χ0n) is 26.0. The van der Waals surface area contributed by atoms with Gasteiger partial charge in [-0.3, -0.25) is 4.79 Å². The van der Waals surface area contributed by atoms with E-state index >= 15 is 0 Å². The summed E-state index contributed by atoms with van der Waals surface area (Å²) in [7, 11) is 0. The Morgan fingerprint density at radius 1 is 0.800 bits per heavy atom. The standard InChI is InChI=1S/C32H50O13/c1-15-11-31-9-5-18-29(2,7-4-8-30(18,3)28(41)44-26-24(39)22(37)20(35)16(12-33)42-26)19(31)6-10-32(15,14-31)45-27-25(40)23(38)21(36)17(13-34)43-27/h16-27,33-40H,1,4-14H2,2-3H3/t16-,17-,18+,19+,20-,21-,22+,23+,24-,25-,26+,27+,29-,30-,31+,32?/m1/s1. The van der Waals surface area contributed by atoms with Gasteiger partial charge in [0.1, 0.15) is 48.8 Å². The van der Waals surface area contributed by atoms with Gasteiger partial charge in [0, 0.05) is 0 Å². The molecule has 256 valence electrons. The third-order valence-electron chi connectivity index (χ3n) is 12.9. The number of ether oxygens (including phenoxy) is 4. The topological polar surface area (TPSA) is 216 Å². The highest BCUT2D eigenvalue weighted by Gasteiger charge is 2.69. The molecule has 0 amide bonds. The molecule has 13 nitrogen and oxygen atoms in total. The van der Waals surface area contributed by atoms with Crippen LogP contribution in [0.25, 0.3) is 0 Å². The van der Waals surface area contributed by atoms with Crippen molar-refractivity contribution in [3.05, 3.63) is 12.2 Å². The van der Waals surface area contributed by atoms with E-state index in [0.717, 1.165) is 37.7 Å². The molecule has 2 saturated heterocycles. The van der Waals surface area contributed by atoms with Crippen LogP contribution in [0.2, 0.25) is 0 Å². The number of rotatable bonds is 6. The van der Waals surface area contributed by atoms with E-state index in [0.29, 0.717) is 25.7 Å². The molecule has 6 fully saturated rings. The van der Waals surface area contributed by atoms with E-state index in [-0.39, 0.29) is 22.7 Å². The average Bonchev–Trinajstić information content (AvgIpc) is 3.20. The van der Waals surface area contributed by atoms with Crippen LogP contribution in [0.3, 0.4) is 0 Å². The number of aliphatic hydroxyl groups excluding tert-OH is 8. The van der Waals surface area contributed by atoms with Gasteiger partial charge in [-0.05, 0) is 86.5 Å². The smallest absolute Gasteiger partial charge is 0.314 e. The van der Waals surface area contributed by atoms with Crippen molar-refractivity contribution in [1.82, 2.24) is 0 Å². The maximum Gasteiger partial charge on any atom is 0.314 e. The molecule has 1 spiro atoms. The van der Waals surface area contributed by atoms with Crippen LogP contribution in [-0.4, -0.2) is 127 Å². The normalized spacial score (nSPS) is 54.7. The fourth-order valence-corrected chi connectivity index (χ4v) is 10.5. The maximum absolute atomic E-state index is 13.9. The summed E-state index contributed by atoms with van der Waals surface area (Å²) in [5.41, 5.74) is -1.20. The highest BCUT2D eigenvalue weighted by molar-refractivity contribution is 5.77. The molecule has 4 aliphatic carbocycles. The minimum atomic E-state index is -1.67. The molecule has 0 radical (unpaired) electrons. The Kier molecular flexibility index (Phi) is 8.77. The summed E-state index contributed by atoms with van der Waals surface area (Å²) in [6.07, 6.45) is -7.82. The summed E-state index contributed by atoms with van der Waals surface area (Å²) in [5, 5.41) is 81.4. The van der Waals surface area contributed by atoms with Gasteiger partial charge in [-0.2, -0.15) is 0 Å². The van der Waals surface area contributed by atoms with Crippen molar-refractivity contribution < 1.29 is 64.6 Å². The van der Waals surface area contributed by atoms with Crippen LogP contribution >= 0.6 is 0 Å². The Morgan fingerprint density at radius 2 is 1.38 bits per heavy atom. The third kappa shape index (κ3) is 5.04. The largest absolute Gasteiger partial charge is 0.432 e. The van der Waals surface area contributed by atoms with Crippen molar-refractivity contribution in [2.45, 2.75) is 139 Å². The molecule has 16 atom stereocenters. The van der Waals surface area contributed by atoms with Gasteiger partial charge in [0.05, 0.1) is 24.2 Å². The van der Waals surface area contributed by atoms with Crippen LogP contribution in [0.15, 0.2) is 12.2 Å². The molecule has 0 aromatic rings. The molecule has 4 saturated carbocycles. The van der Waals surface area contributed by atoms with Crippen molar-refractivity contribution in [2.24, 2.45) is 28.1 Å². The lowest BCUT2D eigenvalue weighted by Gasteiger charge is -2.64. The van der Waals surface area contributed by atoms with Gasteiger partial charge < -0.3 is 59.8 Å². The molecule has 2 aliphatic heterocycles. The van der Waals surface area contributed by atoms with Gasteiger partial charge in [-0.15, -0.1) is 0 Å². The second-order valence-electron chi connectivity index (χ2n) is 15.2.